The summed E-state index contributed by atoms with van der Waals surface area (Å²) in [6.45, 7) is 2.97. The molecule has 0 aliphatic carbocycles. The number of alkyl halides is 3. The number of allylic oxidation sites excluding steroid dienone is 1. The third-order valence-electron chi connectivity index (χ3n) is 3.57. The quantitative estimate of drug-likeness (QED) is 0.619. The van der Waals surface area contributed by atoms with Gasteiger partial charge in [0.05, 0.1) is 16.9 Å². The molecular weight excluding hydrogens is 425 g/mol. The average molecular weight is 441 g/mol. The first-order valence-electron chi connectivity index (χ1n) is 7.80. The van der Waals surface area contributed by atoms with Crippen molar-refractivity contribution >= 4 is 44.7 Å². The van der Waals surface area contributed by atoms with Crippen LogP contribution in [0.5, 0.6) is 0 Å². The molecule has 0 heterocycles. The van der Waals surface area contributed by atoms with Gasteiger partial charge in [-0.15, -0.1) is 0 Å². The Morgan fingerprint density at radius 2 is 1.59 bits per heavy atom. The molecule has 0 unspecified atom stereocenters. The van der Waals surface area contributed by atoms with Crippen LogP contribution in [0.3, 0.4) is 0 Å². The summed E-state index contributed by atoms with van der Waals surface area (Å²) in [6, 6.07) is 9.53. The van der Waals surface area contributed by atoms with Gasteiger partial charge in [0.1, 0.15) is 0 Å². The van der Waals surface area contributed by atoms with Gasteiger partial charge in [-0.05, 0) is 48.4 Å². The summed E-state index contributed by atoms with van der Waals surface area (Å²) >= 11 is 3.29. The fourth-order valence-electron chi connectivity index (χ4n) is 2.29. The van der Waals surface area contributed by atoms with E-state index in [1.54, 1.807) is 25.1 Å². The molecule has 0 radical (unpaired) electrons. The summed E-state index contributed by atoms with van der Waals surface area (Å²) in [5, 5.41) is 5.26. The number of rotatable bonds is 4. The number of nitrogens with one attached hydrogen (secondary N) is 2. The first-order valence-corrected chi connectivity index (χ1v) is 8.59. The minimum absolute atomic E-state index is 0.288. The van der Waals surface area contributed by atoms with Crippen molar-refractivity contribution in [3.63, 3.8) is 0 Å². The highest BCUT2D eigenvalue weighted by atomic mass is 79.9. The first kappa shape index (κ1) is 20.7. The fraction of sp³-hybridized carbons (Fsp3) is 0.158. The zero-order valence-corrected chi connectivity index (χ0v) is 16.0. The van der Waals surface area contributed by atoms with Crippen LogP contribution in [0.25, 0.3) is 5.57 Å². The standard InChI is InChI=1S/C19H16BrF3N2O2/c1-11(13-3-5-14(6-4-13)19(21,22)23)9-18(27)25-17-10-15(20)7-8-16(17)24-12(2)26/h3-10H,1-2H3,(H,24,26)(H,25,27). The molecular formula is C19H16BrF3N2O2. The Labute approximate surface area is 162 Å². The number of hydrogen-bond acceptors (Lipinski definition) is 2. The van der Waals surface area contributed by atoms with Gasteiger partial charge in [-0.2, -0.15) is 13.2 Å². The van der Waals surface area contributed by atoms with E-state index in [2.05, 4.69) is 26.6 Å². The molecule has 0 aliphatic heterocycles. The van der Waals surface area contributed by atoms with Gasteiger partial charge in [0.25, 0.3) is 0 Å². The minimum atomic E-state index is -4.41. The maximum absolute atomic E-state index is 12.6. The molecule has 0 fully saturated rings. The highest BCUT2D eigenvalue weighted by Gasteiger charge is 2.29. The average Bonchev–Trinajstić information content (AvgIpc) is 2.56. The van der Waals surface area contributed by atoms with E-state index in [9.17, 15) is 22.8 Å². The summed E-state index contributed by atoms with van der Waals surface area (Å²) in [7, 11) is 0. The number of anilines is 2. The van der Waals surface area contributed by atoms with E-state index in [1.807, 2.05) is 0 Å². The van der Waals surface area contributed by atoms with Crippen LogP contribution < -0.4 is 10.6 Å². The maximum atomic E-state index is 12.6. The van der Waals surface area contributed by atoms with Crippen LogP contribution in [-0.2, 0) is 15.8 Å². The second kappa shape index (κ2) is 8.39. The summed E-state index contributed by atoms with van der Waals surface area (Å²) in [5.41, 5.74) is 1.06. The minimum Gasteiger partial charge on any atom is -0.325 e. The largest absolute Gasteiger partial charge is 0.416 e. The van der Waals surface area contributed by atoms with E-state index in [0.717, 1.165) is 12.1 Å². The molecule has 2 N–H and O–H groups in total. The van der Waals surface area contributed by atoms with Crippen LogP contribution in [-0.4, -0.2) is 11.8 Å². The van der Waals surface area contributed by atoms with Crippen LogP contribution >= 0.6 is 15.9 Å². The molecule has 2 aromatic carbocycles. The van der Waals surface area contributed by atoms with Crippen molar-refractivity contribution in [1.29, 1.82) is 0 Å². The Hall–Kier alpha value is -2.61. The van der Waals surface area contributed by atoms with E-state index in [-0.39, 0.29) is 5.91 Å². The molecule has 0 aromatic heterocycles. The van der Waals surface area contributed by atoms with Crippen LogP contribution in [0.4, 0.5) is 24.5 Å². The third-order valence-corrected chi connectivity index (χ3v) is 4.06. The molecule has 0 saturated carbocycles. The number of carbonyl (C=O) groups excluding carboxylic acids is 2. The smallest absolute Gasteiger partial charge is 0.325 e. The first-order chi connectivity index (χ1) is 12.6. The predicted molar refractivity (Wildman–Crippen MR) is 102 cm³/mol. The summed E-state index contributed by atoms with van der Waals surface area (Å²) < 4.78 is 38.6. The van der Waals surface area contributed by atoms with Gasteiger partial charge in [0.2, 0.25) is 11.8 Å². The van der Waals surface area contributed by atoms with Crippen molar-refractivity contribution < 1.29 is 22.8 Å². The SMILES string of the molecule is CC(=O)Nc1ccc(Br)cc1NC(=O)C=C(C)c1ccc(C(F)(F)F)cc1. The summed E-state index contributed by atoms with van der Waals surface area (Å²) in [5.74, 6) is -0.763. The van der Waals surface area contributed by atoms with E-state index in [4.69, 9.17) is 0 Å². The van der Waals surface area contributed by atoms with Gasteiger partial charge < -0.3 is 10.6 Å². The van der Waals surface area contributed by atoms with Crippen molar-refractivity contribution in [1.82, 2.24) is 0 Å². The van der Waals surface area contributed by atoms with Crippen LogP contribution in [0.2, 0.25) is 0 Å². The fourth-order valence-corrected chi connectivity index (χ4v) is 2.65. The van der Waals surface area contributed by atoms with E-state index >= 15 is 0 Å². The van der Waals surface area contributed by atoms with Gasteiger partial charge in [-0.3, -0.25) is 9.59 Å². The normalized spacial score (nSPS) is 11.9. The zero-order chi connectivity index (χ0) is 20.2. The predicted octanol–water partition coefficient (Wildman–Crippen LogP) is 5.47. The Bertz CT molecular complexity index is 891. The molecule has 0 saturated heterocycles. The number of benzene rings is 2. The molecule has 0 aliphatic rings. The molecule has 27 heavy (non-hydrogen) atoms. The molecule has 0 atom stereocenters. The third kappa shape index (κ3) is 5.96. The zero-order valence-electron chi connectivity index (χ0n) is 14.4. The molecule has 8 heteroatoms. The van der Waals surface area contributed by atoms with Crippen LogP contribution in [0, 0.1) is 0 Å². The van der Waals surface area contributed by atoms with Crippen LogP contribution in [0.15, 0.2) is 53.0 Å². The number of halogens is 4. The van der Waals surface area contributed by atoms with E-state index in [1.165, 1.54) is 25.1 Å². The molecule has 142 valence electrons. The lowest BCUT2D eigenvalue weighted by molar-refractivity contribution is -0.137. The lowest BCUT2D eigenvalue weighted by Crippen LogP contribution is -2.13. The van der Waals surface area contributed by atoms with Crippen molar-refractivity contribution in [2.45, 2.75) is 20.0 Å². The van der Waals surface area contributed by atoms with Crippen molar-refractivity contribution in [3.05, 3.63) is 64.1 Å². The number of hydrogen-bond donors (Lipinski definition) is 2. The van der Waals surface area contributed by atoms with E-state index < -0.39 is 17.6 Å². The van der Waals surface area contributed by atoms with Crippen molar-refractivity contribution in [2.75, 3.05) is 10.6 Å². The van der Waals surface area contributed by atoms with Gasteiger partial charge in [-0.1, -0.05) is 28.1 Å². The number of carbonyl (C=O) groups is 2. The Morgan fingerprint density at radius 1 is 0.963 bits per heavy atom. The van der Waals surface area contributed by atoms with Gasteiger partial charge in [0, 0.05) is 17.5 Å². The highest BCUT2D eigenvalue weighted by Crippen LogP contribution is 2.30. The van der Waals surface area contributed by atoms with Crippen molar-refractivity contribution in [3.8, 4) is 0 Å². The molecule has 4 nitrogen and oxygen atoms in total. The Kier molecular flexibility index (Phi) is 6.43. The van der Waals surface area contributed by atoms with Gasteiger partial charge in [0.15, 0.2) is 0 Å². The van der Waals surface area contributed by atoms with Gasteiger partial charge >= 0.3 is 6.18 Å². The summed E-state index contributed by atoms with van der Waals surface area (Å²) in [6.07, 6.45) is -3.13. The summed E-state index contributed by atoms with van der Waals surface area (Å²) in [4.78, 5) is 23.5. The molecule has 0 bridgehead atoms. The monoisotopic (exact) mass is 440 g/mol. The Balaban J connectivity index is 2.19. The van der Waals surface area contributed by atoms with Crippen LogP contribution in [0.1, 0.15) is 25.0 Å². The Morgan fingerprint density at radius 3 is 2.15 bits per heavy atom. The maximum Gasteiger partial charge on any atom is 0.416 e. The number of amides is 2. The molecule has 2 aromatic rings. The topological polar surface area (TPSA) is 58.2 Å². The second-order valence-corrected chi connectivity index (χ2v) is 6.68. The second-order valence-electron chi connectivity index (χ2n) is 5.76. The van der Waals surface area contributed by atoms with E-state index in [0.29, 0.717) is 27.0 Å². The van der Waals surface area contributed by atoms with Gasteiger partial charge in [-0.25, -0.2) is 0 Å². The molecule has 0 spiro atoms. The molecule has 2 amide bonds. The molecule has 2 rings (SSSR count). The lowest BCUT2D eigenvalue weighted by Gasteiger charge is -2.11. The lowest BCUT2D eigenvalue weighted by atomic mass is 10.0. The highest BCUT2D eigenvalue weighted by molar-refractivity contribution is 9.10. The van der Waals surface area contributed by atoms with Crippen molar-refractivity contribution in [2.24, 2.45) is 0 Å².